The average molecular weight is 345 g/mol. The van der Waals surface area contributed by atoms with Gasteiger partial charge in [0, 0.05) is 0 Å². The van der Waals surface area contributed by atoms with Crippen LogP contribution in [-0.4, -0.2) is 23.7 Å². The van der Waals surface area contributed by atoms with E-state index in [2.05, 4.69) is 13.8 Å². The van der Waals surface area contributed by atoms with E-state index in [1.54, 1.807) is 13.8 Å². The Hall–Kier alpha value is -1.06. The van der Waals surface area contributed by atoms with E-state index in [0.29, 0.717) is 6.61 Å². The van der Waals surface area contributed by atoms with Crippen LogP contribution in [0.4, 0.5) is 0 Å². The maximum atomic E-state index is 11.0. The third-order valence-electron chi connectivity index (χ3n) is 3.95. The summed E-state index contributed by atoms with van der Waals surface area (Å²) in [6.45, 7) is 12.2. The highest BCUT2D eigenvalue weighted by Gasteiger charge is 2.25. The van der Waals surface area contributed by atoms with Gasteiger partial charge in [0.15, 0.2) is 0 Å². The molecule has 0 aromatic rings. The van der Waals surface area contributed by atoms with Gasteiger partial charge in [-0.2, -0.15) is 0 Å². The van der Waals surface area contributed by atoms with Crippen molar-refractivity contribution in [3.63, 3.8) is 0 Å². The lowest BCUT2D eigenvalue weighted by atomic mass is 9.87. The number of ether oxygens (including phenoxy) is 1. The Labute approximate surface area is 149 Å². The molecule has 0 saturated heterocycles. The van der Waals surface area contributed by atoms with Crippen LogP contribution in [0.15, 0.2) is 0 Å². The number of aliphatic carboxylic acids is 1. The van der Waals surface area contributed by atoms with Crippen LogP contribution in [0.1, 0.15) is 99.3 Å². The number of carboxylic acids is 1. The molecule has 4 nitrogen and oxygen atoms in total. The van der Waals surface area contributed by atoms with Crippen molar-refractivity contribution in [2.45, 2.75) is 99.3 Å². The summed E-state index contributed by atoms with van der Waals surface area (Å²) in [7, 11) is 0. The van der Waals surface area contributed by atoms with E-state index in [1.807, 2.05) is 13.8 Å². The van der Waals surface area contributed by atoms with E-state index < -0.39 is 11.4 Å². The number of unbranched alkanes of at least 4 members (excludes halogenated alkanes) is 6. The van der Waals surface area contributed by atoms with Crippen molar-refractivity contribution in [1.82, 2.24) is 0 Å². The van der Waals surface area contributed by atoms with Gasteiger partial charge in [0.05, 0.1) is 17.9 Å². The minimum Gasteiger partial charge on any atom is -0.481 e. The highest BCUT2D eigenvalue weighted by Crippen LogP contribution is 2.23. The summed E-state index contributed by atoms with van der Waals surface area (Å²) in [5.74, 6) is -0.748. The molecule has 0 aliphatic carbocycles. The smallest absolute Gasteiger partial charge is 0.309 e. The molecule has 0 atom stereocenters. The van der Waals surface area contributed by atoms with Crippen molar-refractivity contribution in [2.75, 3.05) is 6.61 Å². The minimum absolute atomic E-state index is 0.0103. The lowest BCUT2D eigenvalue weighted by molar-refractivity contribution is -0.148. The maximum Gasteiger partial charge on any atom is 0.309 e. The van der Waals surface area contributed by atoms with Gasteiger partial charge in [0.25, 0.3) is 0 Å². The predicted octanol–water partition coefficient (Wildman–Crippen LogP) is 5.83. The second-order valence-electron chi connectivity index (χ2n) is 7.38. The van der Waals surface area contributed by atoms with Crippen LogP contribution < -0.4 is 0 Å². The van der Waals surface area contributed by atoms with Gasteiger partial charge < -0.3 is 9.84 Å². The number of rotatable bonds is 12. The van der Waals surface area contributed by atoms with Crippen LogP contribution >= 0.6 is 0 Å². The highest BCUT2D eigenvalue weighted by atomic mass is 16.5. The molecule has 0 heterocycles. The summed E-state index contributed by atoms with van der Waals surface area (Å²) in [6, 6.07) is 0. The van der Waals surface area contributed by atoms with Gasteiger partial charge >= 0.3 is 11.9 Å². The molecule has 0 aliphatic rings. The number of carboxylic acid groups (broad SMARTS) is 1. The topological polar surface area (TPSA) is 63.6 Å². The molecule has 1 N–H and O–H groups in total. The Balaban J connectivity index is 0. The summed E-state index contributed by atoms with van der Waals surface area (Å²) in [5, 5.41) is 8.80. The zero-order valence-corrected chi connectivity index (χ0v) is 16.8. The maximum absolute atomic E-state index is 11.0. The van der Waals surface area contributed by atoms with Crippen molar-refractivity contribution in [3.8, 4) is 0 Å². The molecule has 0 unspecified atom stereocenters. The molecular formula is C20H40O4. The first-order valence-corrected chi connectivity index (χ1v) is 9.59. The van der Waals surface area contributed by atoms with Crippen molar-refractivity contribution in [3.05, 3.63) is 0 Å². The Morgan fingerprint density at radius 1 is 0.917 bits per heavy atom. The Morgan fingerprint density at radius 2 is 1.42 bits per heavy atom. The van der Waals surface area contributed by atoms with Crippen molar-refractivity contribution in [1.29, 1.82) is 0 Å². The molecule has 0 fully saturated rings. The van der Waals surface area contributed by atoms with Crippen LogP contribution in [0.5, 0.6) is 0 Å². The first kappa shape index (κ1) is 25.2. The summed E-state index contributed by atoms with van der Waals surface area (Å²) < 4.78 is 5.01. The molecule has 0 spiro atoms. The van der Waals surface area contributed by atoms with Gasteiger partial charge in [0.1, 0.15) is 0 Å². The number of hydrogen-bond donors (Lipinski definition) is 1. The second-order valence-corrected chi connectivity index (χ2v) is 7.38. The van der Waals surface area contributed by atoms with E-state index in [9.17, 15) is 9.59 Å². The van der Waals surface area contributed by atoms with Crippen molar-refractivity contribution < 1.29 is 19.4 Å². The minimum atomic E-state index is -0.681. The molecule has 0 aliphatic heterocycles. The molecule has 0 aromatic carbocycles. The molecule has 144 valence electrons. The van der Waals surface area contributed by atoms with E-state index in [1.165, 1.54) is 32.1 Å². The van der Waals surface area contributed by atoms with Gasteiger partial charge in [-0.15, -0.1) is 0 Å². The molecular weight excluding hydrogens is 304 g/mol. The number of esters is 1. The van der Waals surface area contributed by atoms with Gasteiger partial charge in [-0.3, -0.25) is 9.59 Å². The third-order valence-corrected chi connectivity index (χ3v) is 3.95. The molecule has 0 amide bonds. The van der Waals surface area contributed by atoms with Crippen LogP contribution in [0.2, 0.25) is 0 Å². The van der Waals surface area contributed by atoms with Crippen molar-refractivity contribution >= 4 is 11.9 Å². The second kappa shape index (κ2) is 15.5. The summed E-state index contributed by atoms with van der Waals surface area (Å²) >= 11 is 0. The van der Waals surface area contributed by atoms with Gasteiger partial charge in [-0.25, -0.2) is 0 Å². The quantitative estimate of drug-likeness (QED) is 0.357. The van der Waals surface area contributed by atoms with Crippen LogP contribution in [-0.2, 0) is 14.3 Å². The predicted molar refractivity (Wildman–Crippen MR) is 100 cm³/mol. The molecule has 0 bridgehead atoms. The third kappa shape index (κ3) is 15.8. The monoisotopic (exact) mass is 344 g/mol. The molecule has 0 radical (unpaired) electrons. The summed E-state index contributed by atoms with van der Waals surface area (Å²) in [4.78, 5) is 21.6. The molecule has 4 heteroatoms. The summed E-state index contributed by atoms with van der Waals surface area (Å²) in [5.41, 5.74) is -0.534. The standard InChI is InChI=1S/2C10H20O2/c1-4-5-6-7-8-10(2,3)9(11)12;1-4-5-6-7-8-12-10(11)9(2)3/h4-8H2,1-3H3,(H,11,12);9H,4-8H2,1-3H3. The van der Waals surface area contributed by atoms with E-state index in [-0.39, 0.29) is 11.9 Å². The van der Waals surface area contributed by atoms with Gasteiger partial charge in [-0.05, 0) is 26.7 Å². The van der Waals surface area contributed by atoms with Gasteiger partial charge in [0.2, 0.25) is 0 Å². The highest BCUT2D eigenvalue weighted by molar-refractivity contribution is 5.73. The fraction of sp³-hybridized carbons (Fsp3) is 0.900. The first-order valence-electron chi connectivity index (χ1n) is 9.59. The molecule has 0 saturated carbocycles. The fourth-order valence-electron chi connectivity index (χ4n) is 1.97. The fourth-order valence-corrected chi connectivity index (χ4v) is 1.97. The molecule has 0 rings (SSSR count). The largest absolute Gasteiger partial charge is 0.481 e. The van der Waals surface area contributed by atoms with Crippen molar-refractivity contribution in [2.24, 2.45) is 11.3 Å². The number of hydrogen-bond acceptors (Lipinski definition) is 3. The zero-order chi connectivity index (χ0) is 19.0. The lowest BCUT2D eigenvalue weighted by Gasteiger charge is -2.18. The van der Waals surface area contributed by atoms with Crippen LogP contribution in [0, 0.1) is 11.3 Å². The molecule has 0 aromatic heterocycles. The SMILES string of the molecule is CCCCCCC(C)(C)C(=O)O.CCCCCCOC(=O)C(C)C. The first-order chi connectivity index (χ1) is 11.2. The zero-order valence-electron chi connectivity index (χ0n) is 16.8. The van der Waals surface area contributed by atoms with Crippen LogP contribution in [0.25, 0.3) is 0 Å². The number of carbonyl (C=O) groups excluding carboxylic acids is 1. The average Bonchev–Trinajstić information content (AvgIpc) is 2.51. The summed E-state index contributed by atoms with van der Waals surface area (Å²) in [6.07, 6.45) is 10.0. The van der Waals surface area contributed by atoms with E-state index in [4.69, 9.17) is 9.84 Å². The van der Waals surface area contributed by atoms with Gasteiger partial charge in [-0.1, -0.05) is 72.6 Å². The van der Waals surface area contributed by atoms with E-state index in [0.717, 1.165) is 25.7 Å². The van der Waals surface area contributed by atoms with Crippen LogP contribution in [0.3, 0.4) is 0 Å². The Morgan fingerprint density at radius 3 is 1.83 bits per heavy atom. The lowest BCUT2D eigenvalue weighted by Crippen LogP contribution is -2.23. The van der Waals surface area contributed by atoms with E-state index >= 15 is 0 Å². The molecule has 24 heavy (non-hydrogen) atoms. The normalized spacial score (nSPS) is 11.0. The Bertz CT molecular complexity index is 320. The Kier molecular flexibility index (Phi) is 16.2. The number of carbonyl (C=O) groups is 2.